The summed E-state index contributed by atoms with van der Waals surface area (Å²) < 4.78 is 23.3. The fraction of sp³-hybridized carbons (Fsp3) is 0.320. The van der Waals surface area contributed by atoms with Gasteiger partial charge in [0.1, 0.15) is 5.01 Å². The molecule has 7 nitrogen and oxygen atoms in total. The molecule has 4 aromatic rings. The standard InChI is InChI=1S/C25H27N3O4S2/c1-5-29-20-12-18(13-21(30-6-2)22(20)31-7-3)23-27-28-25(32-23)34-15-19-14-33-24(26-19)17-10-8-16(4)9-11-17/h8-14H,5-7,15H2,1-4H3. The Morgan fingerprint density at radius 2 is 1.56 bits per heavy atom. The van der Waals surface area contributed by atoms with E-state index in [1.54, 1.807) is 11.3 Å². The first-order valence-corrected chi connectivity index (χ1v) is 13.0. The maximum atomic E-state index is 5.93. The number of benzene rings is 2. The van der Waals surface area contributed by atoms with E-state index in [4.69, 9.17) is 23.6 Å². The minimum Gasteiger partial charge on any atom is -0.490 e. The van der Waals surface area contributed by atoms with Gasteiger partial charge < -0.3 is 18.6 Å². The number of hydrogen-bond acceptors (Lipinski definition) is 9. The van der Waals surface area contributed by atoms with Crippen LogP contribution in [-0.2, 0) is 5.75 Å². The predicted molar refractivity (Wildman–Crippen MR) is 135 cm³/mol. The molecule has 0 N–H and O–H groups in total. The Morgan fingerprint density at radius 1 is 0.882 bits per heavy atom. The molecule has 178 valence electrons. The van der Waals surface area contributed by atoms with Crippen LogP contribution >= 0.6 is 23.1 Å². The van der Waals surface area contributed by atoms with Crippen LogP contribution in [0.2, 0.25) is 0 Å². The first kappa shape index (κ1) is 24.1. The zero-order chi connectivity index (χ0) is 23.9. The summed E-state index contributed by atoms with van der Waals surface area (Å²) in [6.45, 7) is 9.35. The average molecular weight is 498 g/mol. The van der Waals surface area contributed by atoms with Crippen molar-refractivity contribution in [1.29, 1.82) is 0 Å². The van der Waals surface area contributed by atoms with E-state index >= 15 is 0 Å². The molecule has 2 aromatic carbocycles. The predicted octanol–water partition coefficient (Wildman–Crippen LogP) is 6.66. The van der Waals surface area contributed by atoms with E-state index in [1.807, 2.05) is 32.9 Å². The lowest BCUT2D eigenvalue weighted by atomic mass is 10.2. The molecule has 0 saturated heterocycles. The molecule has 0 bridgehead atoms. The van der Waals surface area contributed by atoms with Crippen LogP contribution in [0.3, 0.4) is 0 Å². The van der Waals surface area contributed by atoms with Gasteiger partial charge in [-0.3, -0.25) is 0 Å². The lowest BCUT2D eigenvalue weighted by Crippen LogP contribution is -2.03. The maximum absolute atomic E-state index is 5.93. The molecule has 0 atom stereocenters. The zero-order valence-corrected chi connectivity index (χ0v) is 21.3. The number of thiazole rings is 1. The van der Waals surface area contributed by atoms with Crippen molar-refractivity contribution in [3.05, 3.63) is 53.0 Å². The van der Waals surface area contributed by atoms with Crippen molar-refractivity contribution in [3.8, 4) is 39.3 Å². The number of aromatic nitrogens is 3. The molecule has 0 radical (unpaired) electrons. The molecule has 2 aromatic heterocycles. The second-order valence-corrected chi connectivity index (χ2v) is 9.06. The number of thioether (sulfide) groups is 1. The van der Waals surface area contributed by atoms with E-state index in [2.05, 4.69) is 46.8 Å². The number of hydrogen-bond donors (Lipinski definition) is 0. The third kappa shape index (κ3) is 5.71. The highest BCUT2D eigenvalue weighted by molar-refractivity contribution is 7.98. The lowest BCUT2D eigenvalue weighted by molar-refractivity contribution is 0.261. The van der Waals surface area contributed by atoms with E-state index in [-0.39, 0.29) is 0 Å². The van der Waals surface area contributed by atoms with E-state index in [9.17, 15) is 0 Å². The van der Waals surface area contributed by atoms with Crippen LogP contribution < -0.4 is 14.2 Å². The minimum atomic E-state index is 0.395. The molecular formula is C25H27N3O4S2. The normalized spacial score (nSPS) is 10.9. The number of ether oxygens (including phenoxy) is 3. The SMILES string of the molecule is CCOc1cc(-c2nnc(SCc3csc(-c4ccc(C)cc4)n3)o2)cc(OCC)c1OCC. The molecule has 0 aliphatic heterocycles. The van der Waals surface area contributed by atoms with E-state index in [1.165, 1.54) is 17.3 Å². The van der Waals surface area contributed by atoms with Crippen LogP contribution in [0.15, 0.2) is 51.4 Å². The van der Waals surface area contributed by atoms with Crippen LogP contribution in [0.25, 0.3) is 22.0 Å². The fourth-order valence-electron chi connectivity index (χ4n) is 3.23. The summed E-state index contributed by atoms with van der Waals surface area (Å²) >= 11 is 3.09. The Labute approximate surface area is 207 Å². The summed E-state index contributed by atoms with van der Waals surface area (Å²) in [5.74, 6) is 2.79. The van der Waals surface area contributed by atoms with Crippen LogP contribution in [0.1, 0.15) is 32.0 Å². The molecule has 0 saturated carbocycles. The fourth-order valence-corrected chi connectivity index (χ4v) is 4.82. The molecule has 0 aliphatic rings. The topological polar surface area (TPSA) is 79.5 Å². The first-order chi connectivity index (χ1) is 16.6. The van der Waals surface area contributed by atoms with Gasteiger partial charge in [0.05, 0.1) is 25.5 Å². The summed E-state index contributed by atoms with van der Waals surface area (Å²) in [5.41, 5.74) is 4.05. The lowest BCUT2D eigenvalue weighted by Gasteiger charge is -2.16. The van der Waals surface area contributed by atoms with Gasteiger partial charge in [-0.15, -0.1) is 21.5 Å². The quantitative estimate of drug-likeness (QED) is 0.213. The van der Waals surface area contributed by atoms with Crippen molar-refractivity contribution in [2.75, 3.05) is 19.8 Å². The second kappa shape index (κ2) is 11.4. The van der Waals surface area contributed by atoms with Gasteiger partial charge in [0.25, 0.3) is 5.22 Å². The van der Waals surface area contributed by atoms with Gasteiger partial charge >= 0.3 is 0 Å². The molecular weight excluding hydrogens is 470 g/mol. The minimum absolute atomic E-state index is 0.395. The summed E-state index contributed by atoms with van der Waals surface area (Å²) in [6, 6.07) is 12.1. The maximum Gasteiger partial charge on any atom is 0.277 e. The number of aryl methyl sites for hydroxylation is 1. The molecule has 9 heteroatoms. The van der Waals surface area contributed by atoms with Crippen LogP contribution in [0, 0.1) is 6.92 Å². The third-order valence-electron chi connectivity index (χ3n) is 4.76. The summed E-state index contributed by atoms with van der Waals surface area (Å²) in [6.07, 6.45) is 0. The van der Waals surface area contributed by atoms with Crippen LogP contribution in [0.4, 0.5) is 0 Å². The van der Waals surface area contributed by atoms with Gasteiger partial charge in [-0.2, -0.15) is 0 Å². The molecule has 0 amide bonds. The summed E-state index contributed by atoms with van der Waals surface area (Å²) in [7, 11) is 0. The Kier molecular flexibility index (Phi) is 8.08. The first-order valence-electron chi connectivity index (χ1n) is 11.2. The molecule has 2 heterocycles. The number of rotatable bonds is 11. The van der Waals surface area contributed by atoms with Crippen molar-refractivity contribution in [3.63, 3.8) is 0 Å². The third-order valence-corrected chi connectivity index (χ3v) is 6.55. The highest BCUT2D eigenvalue weighted by Crippen LogP contribution is 2.42. The highest BCUT2D eigenvalue weighted by Gasteiger charge is 2.19. The van der Waals surface area contributed by atoms with Crippen molar-refractivity contribution < 1.29 is 18.6 Å². The number of nitrogens with zero attached hydrogens (tertiary/aromatic N) is 3. The molecule has 34 heavy (non-hydrogen) atoms. The van der Waals surface area contributed by atoms with Gasteiger partial charge in [-0.05, 0) is 39.8 Å². The zero-order valence-electron chi connectivity index (χ0n) is 19.7. The van der Waals surface area contributed by atoms with Crippen molar-refractivity contribution in [2.45, 2.75) is 38.7 Å². The van der Waals surface area contributed by atoms with E-state index in [0.29, 0.717) is 59.5 Å². The van der Waals surface area contributed by atoms with Crippen molar-refractivity contribution in [2.24, 2.45) is 0 Å². The van der Waals surface area contributed by atoms with E-state index < -0.39 is 0 Å². The van der Waals surface area contributed by atoms with Crippen molar-refractivity contribution in [1.82, 2.24) is 15.2 Å². The molecule has 0 fully saturated rings. The molecule has 0 spiro atoms. The van der Waals surface area contributed by atoms with Gasteiger partial charge in [0, 0.05) is 22.3 Å². The van der Waals surface area contributed by atoms with Gasteiger partial charge in [-0.1, -0.05) is 41.6 Å². The second-order valence-electron chi connectivity index (χ2n) is 7.27. The summed E-state index contributed by atoms with van der Waals surface area (Å²) in [4.78, 5) is 4.74. The summed E-state index contributed by atoms with van der Waals surface area (Å²) in [5, 5.41) is 12.0. The van der Waals surface area contributed by atoms with Gasteiger partial charge in [0.15, 0.2) is 11.5 Å². The Balaban J connectivity index is 1.49. The Hall–Kier alpha value is -3.04. The largest absolute Gasteiger partial charge is 0.490 e. The van der Waals surface area contributed by atoms with Crippen LogP contribution in [0.5, 0.6) is 17.2 Å². The van der Waals surface area contributed by atoms with Crippen LogP contribution in [-0.4, -0.2) is 35.0 Å². The molecule has 0 aliphatic carbocycles. The highest BCUT2D eigenvalue weighted by atomic mass is 32.2. The molecule has 0 unspecified atom stereocenters. The smallest absolute Gasteiger partial charge is 0.277 e. The average Bonchev–Trinajstić information content (AvgIpc) is 3.50. The van der Waals surface area contributed by atoms with Crippen molar-refractivity contribution >= 4 is 23.1 Å². The van der Waals surface area contributed by atoms with Gasteiger partial charge in [0.2, 0.25) is 11.6 Å². The molecule has 4 rings (SSSR count). The monoisotopic (exact) mass is 497 g/mol. The van der Waals surface area contributed by atoms with E-state index in [0.717, 1.165) is 16.3 Å². The Bertz CT molecular complexity index is 1190. The van der Waals surface area contributed by atoms with Gasteiger partial charge in [-0.25, -0.2) is 4.98 Å². The Morgan fingerprint density at radius 3 is 2.21 bits per heavy atom.